The van der Waals surface area contributed by atoms with E-state index in [1.54, 1.807) is 27.9 Å². The number of hydrogen-bond acceptors (Lipinski definition) is 4. The van der Waals surface area contributed by atoms with E-state index in [-0.39, 0.29) is 23.9 Å². The molecule has 28 heavy (non-hydrogen) atoms. The van der Waals surface area contributed by atoms with Crippen molar-refractivity contribution in [2.24, 2.45) is 5.92 Å². The van der Waals surface area contributed by atoms with E-state index in [0.29, 0.717) is 25.1 Å². The number of amides is 1. The molecule has 3 aromatic rings. The molecular formula is C22H23N3O3. The molecule has 0 radical (unpaired) electrons. The van der Waals surface area contributed by atoms with E-state index < -0.39 is 6.10 Å². The highest BCUT2D eigenvalue weighted by atomic mass is 16.3. The number of carbonyl (C=O) groups excluding carboxylic acids is 1. The third-order valence-electron chi connectivity index (χ3n) is 5.50. The van der Waals surface area contributed by atoms with Crippen molar-refractivity contribution >= 4 is 16.8 Å². The van der Waals surface area contributed by atoms with E-state index in [1.165, 1.54) is 6.07 Å². The van der Waals surface area contributed by atoms with Crippen molar-refractivity contribution in [3.8, 4) is 0 Å². The van der Waals surface area contributed by atoms with Crippen LogP contribution in [0.4, 0.5) is 0 Å². The zero-order chi connectivity index (χ0) is 19.7. The lowest BCUT2D eigenvalue weighted by molar-refractivity contribution is 0.0764. The molecule has 144 valence electrons. The van der Waals surface area contributed by atoms with Crippen molar-refractivity contribution in [3.05, 3.63) is 76.3 Å². The zero-order valence-corrected chi connectivity index (χ0v) is 15.8. The molecule has 2 aromatic heterocycles. The largest absolute Gasteiger partial charge is 0.391 e. The first-order valence-corrected chi connectivity index (χ1v) is 9.57. The highest BCUT2D eigenvalue weighted by Crippen LogP contribution is 2.26. The number of β-amino-alcohol motifs (C(OH)–C–C–N with tert-alkyl or cyclic N) is 1. The molecule has 0 bridgehead atoms. The molecule has 1 saturated heterocycles. The first-order valence-electron chi connectivity index (χ1n) is 9.57. The van der Waals surface area contributed by atoms with E-state index in [0.717, 1.165) is 16.5 Å². The molecule has 6 nitrogen and oxygen atoms in total. The number of aliphatic hydroxyl groups is 1. The molecule has 0 saturated carbocycles. The summed E-state index contributed by atoms with van der Waals surface area (Å²) in [6, 6.07) is 13.0. The Morgan fingerprint density at radius 3 is 2.82 bits per heavy atom. The van der Waals surface area contributed by atoms with Gasteiger partial charge in [0.25, 0.3) is 11.5 Å². The van der Waals surface area contributed by atoms with E-state index in [2.05, 4.69) is 4.98 Å². The highest BCUT2D eigenvalue weighted by molar-refractivity contribution is 5.94. The zero-order valence-electron chi connectivity index (χ0n) is 15.8. The molecule has 4 rings (SSSR count). The molecule has 0 unspecified atom stereocenters. The fourth-order valence-electron chi connectivity index (χ4n) is 3.92. The second-order valence-corrected chi connectivity index (χ2v) is 7.27. The van der Waals surface area contributed by atoms with Gasteiger partial charge in [0.15, 0.2) is 0 Å². The lowest BCUT2D eigenvalue weighted by Gasteiger charge is -2.17. The minimum absolute atomic E-state index is 0.0502. The number of carbonyl (C=O) groups is 1. The molecule has 1 aromatic carbocycles. The highest BCUT2D eigenvalue weighted by Gasteiger charge is 2.34. The molecule has 1 fully saturated rings. The van der Waals surface area contributed by atoms with Gasteiger partial charge >= 0.3 is 0 Å². The van der Waals surface area contributed by atoms with Crippen molar-refractivity contribution in [2.75, 3.05) is 13.1 Å². The van der Waals surface area contributed by atoms with E-state index in [4.69, 9.17) is 0 Å². The number of para-hydroxylation sites is 1. The van der Waals surface area contributed by atoms with Crippen LogP contribution >= 0.6 is 0 Å². The Morgan fingerprint density at radius 1 is 1.21 bits per heavy atom. The smallest absolute Gasteiger partial charge is 0.254 e. The third kappa shape index (κ3) is 3.43. The average Bonchev–Trinajstić information content (AvgIpc) is 3.08. The lowest BCUT2D eigenvalue weighted by atomic mass is 9.94. The number of benzene rings is 1. The molecule has 1 aliphatic rings. The minimum atomic E-state index is -0.591. The van der Waals surface area contributed by atoms with Crippen LogP contribution in [0.2, 0.25) is 0 Å². The van der Waals surface area contributed by atoms with Gasteiger partial charge in [-0.3, -0.25) is 14.6 Å². The number of hydrogen-bond donors (Lipinski definition) is 1. The van der Waals surface area contributed by atoms with E-state index >= 15 is 0 Å². The Labute approximate surface area is 163 Å². The van der Waals surface area contributed by atoms with Crippen LogP contribution in [0.25, 0.3) is 10.9 Å². The number of likely N-dealkylation sites (tertiary alicyclic amines) is 1. The molecule has 3 heterocycles. The molecule has 0 spiro atoms. The van der Waals surface area contributed by atoms with Gasteiger partial charge in [-0.15, -0.1) is 0 Å². The summed E-state index contributed by atoms with van der Waals surface area (Å²) in [5, 5.41) is 11.6. The Morgan fingerprint density at radius 2 is 2.04 bits per heavy atom. The predicted octanol–water partition coefficient (Wildman–Crippen LogP) is 2.09. The van der Waals surface area contributed by atoms with Crippen molar-refractivity contribution in [1.29, 1.82) is 0 Å². The van der Waals surface area contributed by atoms with Crippen molar-refractivity contribution in [3.63, 3.8) is 0 Å². The predicted molar refractivity (Wildman–Crippen MR) is 107 cm³/mol. The van der Waals surface area contributed by atoms with E-state index in [1.807, 2.05) is 37.3 Å². The summed E-state index contributed by atoms with van der Waals surface area (Å²) in [5.41, 5.74) is 2.23. The minimum Gasteiger partial charge on any atom is -0.391 e. The van der Waals surface area contributed by atoms with Crippen LogP contribution in [0.5, 0.6) is 0 Å². The lowest BCUT2D eigenvalue weighted by Crippen LogP contribution is -2.31. The number of aliphatic hydroxyl groups excluding tert-OH is 1. The van der Waals surface area contributed by atoms with Crippen LogP contribution in [-0.2, 0) is 13.0 Å². The summed E-state index contributed by atoms with van der Waals surface area (Å²) in [6.45, 7) is 3.20. The normalized spacial score (nSPS) is 19.3. The van der Waals surface area contributed by atoms with Gasteiger partial charge in [0, 0.05) is 55.0 Å². The van der Waals surface area contributed by atoms with Crippen LogP contribution in [0.15, 0.2) is 59.7 Å². The van der Waals surface area contributed by atoms with Crippen LogP contribution < -0.4 is 5.56 Å². The number of nitrogens with zero attached hydrogens (tertiary/aromatic N) is 3. The summed E-state index contributed by atoms with van der Waals surface area (Å²) in [4.78, 5) is 30.9. The van der Waals surface area contributed by atoms with Crippen LogP contribution in [0.3, 0.4) is 0 Å². The summed E-state index contributed by atoms with van der Waals surface area (Å²) in [5.74, 6) is -0.257. The standard InChI is InChI=1S/C22H23N3O3/c1-2-24-10-8-16(12-21(24)27)22(28)25-13-17(20(26)14-25)11-15-7-9-23-19-6-4-3-5-18(15)19/h3-10,12,17,20,26H,2,11,13-14H2,1H3/t17-,20-/m1/s1. The molecule has 1 amide bonds. The van der Waals surface area contributed by atoms with Gasteiger partial charge in [-0.25, -0.2) is 0 Å². The topological polar surface area (TPSA) is 75.4 Å². The number of aromatic nitrogens is 2. The quantitative estimate of drug-likeness (QED) is 0.755. The van der Waals surface area contributed by atoms with Crippen molar-refractivity contribution < 1.29 is 9.90 Å². The molecule has 1 N–H and O–H groups in total. The SMILES string of the molecule is CCn1ccc(C(=O)N2C[C@@H](Cc3ccnc4ccccc34)[C@H](O)C2)cc1=O. The van der Waals surface area contributed by atoms with Crippen LogP contribution in [0.1, 0.15) is 22.8 Å². The maximum absolute atomic E-state index is 12.8. The Balaban J connectivity index is 1.52. The van der Waals surface area contributed by atoms with Gasteiger partial charge in [0.05, 0.1) is 11.6 Å². The molecular weight excluding hydrogens is 354 g/mol. The second kappa shape index (κ2) is 7.56. The average molecular weight is 377 g/mol. The summed E-state index contributed by atoms with van der Waals surface area (Å²) in [7, 11) is 0. The van der Waals surface area contributed by atoms with Crippen LogP contribution in [0, 0.1) is 5.92 Å². The van der Waals surface area contributed by atoms with Crippen LogP contribution in [-0.4, -0.2) is 44.7 Å². The third-order valence-corrected chi connectivity index (χ3v) is 5.50. The molecule has 6 heteroatoms. The summed E-state index contributed by atoms with van der Waals surface area (Å²) in [6.07, 6.45) is 3.51. The fraction of sp³-hybridized carbons (Fsp3) is 0.318. The Hall–Kier alpha value is -2.99. The number of fused-ring (bicyclic) bond motifs is 1. The monoisotopic (exact) mass is 377 g/mol. The maximum atomic E-state index is 12.8. The van der Waals surface area contributed by atoms with Crippen molar-refractivity contribution in [2.45, 2.75) is 26.0 Å². The Bertz CT molecular complexity index is 1070. The maximum Gasteiger partial charge on any atom is 0.254 e. The number of aryl methyl sites for hydroxylation is 1. The van der Waals surface area contributed by atoms with Gasteiger partial charge in [0.1, 0.15) is 0 Å². The molecule has 0 aliphatic carbocycles. The van der Waals surface area contributed by atoms with E-state index in [9.17, 15) is 14.7 Å². The number of rotatable bonds is 4. The first-order chi connectivity index (χ1) is 13.6. The Kier molecular flexibility index (Phi) is 4.96. The van der Waals surface area contributed by atoms with Crippen molar-refractivity contribution in [1.82, 2.24) is 14.5 Å². The molecule has 1 aliphatic heterocycles. The van der Waals surface area contributed by atoms with Gasteiger partial charge in [-0.1, -0.05) is 18.2 Å². The second-order valence-electron chi connectivity index (χ2n) is 7.27. The fourth-order valence-corrected chi connectivity index (χ4v) is 3.92. The first kappa shape index (κ1) is 18.4. The summed E-state index contributed by atoms with van der Waals surface area (Å²) >= 11 is 0. The van der Waals surface area contributed by atoms with Gasteiger partial charge in [-0.05, 0) is 37.1 Å². The number of pyridine rings is 2. The van der Waals surface area contributed by atoms with Gasteiger partial charge < -0.3 is 14.6 Å². The van der Waals surface area contributed by atoms with Gasteiger partial charge in [-0.2, -0.15) is 0 Å². The molecule has 2 atom stereocenters. The summed E-state index contributed by atoms with van der Waals surface area (Å²) < 4.78 is 1.55. The van der Waals surface area contributed by atoms with Gasteiger partial charge in [0.2, 0.25) is 0 Å².